The monoisotopic (exact) mass is 628 g/mol. The fourth-order valence-electron chi connectivity index (χ4n) is 4.91. The molecule has 9 atom stereocenters. The first-order valence-corrected chi connectivity index (χ1v) is 13.9. The highest BCUT2D eigenvalue weighted by Gasteiger charge is 2.50. The average molecular weight is 628 g/mol. The van der Waals surface area contributed by atoms with E-state index in [1.54, 1.807) is 0 Å². The fourth-order valence-corrected chi connectivity index (χ4v) is 5.85. The summed E-state index contributed by atoms with van der Waals surface area (Å²) in [5, 5.41) is 41.5. The van der Waals surface area contributed by atoms with Gasteiger partial charge in [0.1, 0.15) is 36.6 Å². The van der Waals surface area contributed by atoms with Gasteiger partial charge < -0.3 is 46.3 Å². The van der Waals surface area contributed by atoms with Gasteiger partial charge in [0.15, 0.2) is 34.8 Å². The average Bonchev–Trinajstić information content (AvgIpc) is 3.69. The summed E-state index contributed by atoms with van der Waals surface area (Å²) in [5.74, 6) is -0.504. The molecule has 2 aliphatic rings. The van der Waals surface area contributed by atoms with Crippen LogP contribution in [0.2, 0.25) is 0 Å². The smallest absolute Gasteiger partial charge is 0.394 e. The number of aliphatic hydroxyl groups excluding tert-OH is 4. The predicted octanol–water partition coefficient (Wildman–Crippen LogP) is -4.21. The zero-order chi connectivity index (χ0) is 30.8. The molecule has 0 spiro atoms. The van der Waals surface area contributed by atoms with Crippen LogP contribution >= 0.6 is 7.82 Å². The van der Waals surface area contributed by atoms with Crippen LogP contribution in [0, 0.1) is 0 Å². The number of anilines is 2. The Bertz CT molecular complexity index is 1840. The molecule has 232 valence electrons. The van der Waals surface area contributed by atoms with Gasteiger partial charge in [-0.25, -0.2) is 14.5 Å². The van der Waals surface area contributed by atoms with E-state index in [2.05, 4.69) is 29.9 Å². The summed E-state index contributed by atoms with van der Waals surface area (Å²) < 4.78 is 36.8. The SMILES string of the molecule is Nc1nc2c(ncn2[C@@H]2O[C@H](COP(=O)(O)O[C@@H]3[C@H](O)[C@@H](CO)O[C@H]3n3cnc4c(=O)[nH]c(N)nc43)[C@@H](O)[C@H]2O)c(=O)[nH]1. The highest BCUT2D eigenvalue weighted by atomic mass is 31.2. The number of hydrogen-bond acceptors (Lipinski definition) is 17. The van der Waals surface area contributed by atoms with Gasteiger partial charge in [-0.15, -0.1) is 0 Å². The third-order valence-electron chi connectivity index (χ3n) is 6.94. The van der Waals surface area contributed by atoms with E-state index < -0.39 is 81.2 Å². The fraction of sp³-hybridized carbons (Fsp3) is 0.500. The summed E-state index contributed by atoms with van der Waals surface area (Å²) in [6, 6.07) is 0. The minimum Gasteiger partial charge on any atom is -0.394 e. The largest absolute Gasteiger partial charge is 0.472 e. The van der Waals surface area contributed by atoms with Crippen LogP contribution in [0.5, 0.6) is 0 Å². The van der Waals surface area contributed by atoms with E-state index in [0.29, 0.717) is 0 Å². The minimum absolute atomic E-state index is 0.0554. The maximum atomic E-state index is 13.0. The Hall–Kier alpha value is -3.83. The van der Waals surface area contributed by atoms with Crippen LogP contribution in [0.1, 0.15) is 12.5 Å². The molecule has 1 unspecified atom stereocenters. The van der Waals surface area contributed by atoms with Gasteiger partial charge in [0.25, 0.3) is 11.1 Å². The summed E-state index contributed by atoms with van der Waals surface area (Å²) in [5.41, 5.74) is 9.44. The molecule has 0 bridgehead atoms. The third kappa shape index (κ3) is 5.08. The Morgan fingerprint density at radius 3 is 1.98 bits per heavy atom. The van der Waals surface area contributed by atoms with Crippen molar-refractivity contribution in [2.24, 2.45) is 0 Å². The molecule has 0 radical (unpaired) electrons. The van der Waals surface area contributed by atoms with E-state index >= 15 is 0 Å². The number of nitrogen functional groups attached to an aromatic ring is 2. The molecule has 22 nitrogen and oxygen atoms in total. The Kier molecular flexibility index (Phi) is 7.29. The quantitative estimate of drug-likeness (QED) is 0.0835. The molecular formula is C20H25N10O12P. The van der Waals surface area contributed by atoms with E-state index in [1.807, 2.05) is 0 Å². The maximum absolute atomic E-state index is 13.0. The summed E-state index contributed by atoms with van der Waals surface area (Å²) >= 11 is 0. The molecule has 6 heterocycles. The van der Waals surface area contributed by atoms with Crippen LogP contribution < -0.4 is 22.6 Å². The van der Waals surface area contributed by atoms with Crippen molar-refractivity contribution in [3.05, 3.63) is 33.4 Å². The number of aliphatic hydroxyl groups is 4. The lowest BCUT2D eigenvalue weighted by molar-refractivity contribution is -0.0615. The molecule has 0 aromatic carbocycles. The number of aromatic nitrogens is 8. The van der Waals surface area contributed by atoms with Crippen molar-refractivity contribution in [3.63, 3.8) is 0 Å². The van der Waals surface area contributed by atoms with Crippen molar-refractivity contribution in [2.75, 3.05) is 24.7 Å². The molecule has 2 fully saturated rings. The topological polar surface area (TPSA) is 334 Å². The number of phosphoric acid groups is 1. The number of rotatable bonds is 8. The number of imidazole rings is 2. The second-order valence-electron chi connectivity index (χ2n) is 9.67. The molecule has 4 aromatic heterocycles. The molecule has 43 heavy (non-hydrogen) atoms. The number of nitrogens with two attached hydrogens (primary N) is 2. The first-order chi connectivity index (χ1) is 20.4. The molecule has 2 aliphatic heterocycles. The first-order valence-electron chi connectivity index (χ1n) is 12.4. The van der Waals surface area contributed by atoms with Crippen molar-refractivity contribution in [1.82, 2.24) is 39.0 Å². The lowest BCUT2D eigenvalue weighted by atomic mass is 10.1. The van der Waals surface area contributed by atoms with E-state index in [-0.39, 0.29) is 34.2 Å². The normalized spacial score (nSPS) is 30.8. The van der Waals surface area contributed by atoms with Crippen LogP contribution in [-0.2, 0) is 23.1 Å². The van der Waals surface area contributed by atoms with E-state index in [1.165, 1.54) is 0 Å². The molecular weight excluding hydrogens is 603 g/mol. The minimum atomic E-state index is -5.10. The number of fused-ring (bicyclic) bond motifs is 2. The number of H-pyrrole nitrogens is 2. The Morgan fingerprint density at radius 2 is 1.42 bits per heavy atom. The number of aromatic amines is 2. The van der Waals surface area contributed by atoms with E-state index in [9.17, 15) is 39.5 Å². The highest BCUT2D eigenvalue weighted by Crippen LogP contribution is 2.50. The molecule has 11 N–H and O–H groups in total. The van der Waals surface area contributed by atoms with Crippen molar-refractivity contribution in [1.29, 1.82) is 0 Å². The summed E-state index contributed by atoms with van der Waals surface area (Å²) in [7, 11) is -5.10. The number of nitrogens with zero attached hydrogens (tertiary/aromatic N) is 6. The van der Waals surface area contributed by atoms with Gasteiger partial charge in [0.05, 0.1) is 25.9 Å². The van der Waals surface area contributed by atoms with Crippen molar-refractivity contribution in [3.8, 4) is 0 Å². The molecule has 0 saturated carbocycles. The van der Waals surface area contributed by atoms with Crippen LogP contribution in [-0.4, -0.2) is 114 Å². The van der Waals surface area contributed by atoms with Gasteiger partial charge in [0.2, 0.25) is 11.9 Å². The maximum Gasteiger partial charge on any atom is 0.472 e. The lowest BCUT2D eigenvalue weighted by Crippen LogP contribution is -2.36. The van der Waals surface area contributed by atoms with Crippen LogP contribution in [0.4, 0.5) is 11.9 Å². The van der Waals surface area contributed by atoms with Crippen molar-refractivity contribution in [2.45, 2.75) is 49.1 Å². The standard InChI is InChI=1S/C20H25N10O12P/c21-19-25-13-7(15(35)27-19)23-3-29(13)17-11(34)9(32)6(41-17)2-39-43(37,38)42-12-10(33)5(1-31)40-18(12)30-4-24-8-14(30)26-20(22)28-16(8)36/h3-6,9-12,17-18,31-34H,1-2H2,(H,37,38)(H3,21,25,27,35)(H3,22,26,28,36)/t5-,6-,9-,10-,11-,12-,17-,18-/m1/s1. The van der Waals surface area contributed by atoms with Crippen molar-refractivity contribution < 1.29 is 48.4 Å². The first kappa shape index (κ1) is 29.3. The van der Waals surface area contributed by atoms with Gasteiger partial charge in [-0.2, -0.15) is 9.97 Å². The number of ether oxygens (including phenoxy) is 2. The van der Waals surface area contributed by atoms with Gasteiger partial charge >= 0.3 is 7.82 Å². The Labute approximate surface area is 237 Å². The second-order valence-corrected chi connectivity index (χ2v) is 11.1. The molecule has 4 aromatic rings. The highest BCUT2D eigenvalue weighted by molar-refractivity contribution is 7.47. The zero-order valence-corrected chi connectivity index (χ0v) is 22.5. The number of hydrogen-bond donors (Lipinski definition) is 9. The van der Waals surface area contributed by atoms with Crippen molar-refractivity contribution >= 4 is 42.0 Å². The molecule has 0 amide bonds. The molecule has 2 saturated heterocycles. The van der Waals surface area contributed by atoms with Crippen LogP contribution in [0.25, 0.3) is 22.3 Å². The Morgan fingerprint density at radius 1 is 0.884 bits per heavy atom. The van der Waals surface area contributed by atoms with Crippen LogP contribution in [0.15, 0.2) is 22.2 Å². The second kappa shape index (κ2) is 10.7. The van der Waals surface area contributed by atoms with Gasteiger partial charge in [-0.1, -0.05) is 0 Å². The predicted molar refractivity (Wildman–Crippen MR) is 139 cm³/mol. The molecule has 0 aliphatic carbocycles. The zero-order valence-electron chi connectivity index (χ0n) is 21.6. The molecule has 6 rings (SSSR count). The van der Waals surface area contributed by atoms with Gasteiger partial charge in [-0.3, -0.25) is 37.7 Å². The third-order valence-corrected chi connectivity index (χ3v) is 7.92. The lowest BCUT2D eigenvalue weighted by Gasteiger charge is -2.24. The number of phosphoric ester groups is 1. The van der Waals surface area contributed by atoms with E-state index in [0.717, 1.165) is 21.8 Å². The summed E-state index contributed by atoms with van der Waals surface area (Å²) in [4.78, 5) is 55.1. The van der Waals surface area contributed by atoms with Gasteiger partial charge in [0, 0.05) is 0 Å². The van der Waals surface area contributed by atoms with Gasteiger partial charge in [-0.05, 0) is 0 Å². The summed E-state index contributed by atoms with van der Waals surface area (Å²) in [6.07, 6.45) is -9.86. The molecule has 23 heteroatoms. The Balaban J connectivity index is 1.19. The van der Waals surface area contributed by atoms with E-state index in [4.69, 9.17) is 30.0 Å². The summed E-state index contributed by atoms with van der Waals surface area (Å²) in [6.45, 7) is -1.52. The number of nitrogens with one attached hydrogen (secondary N) is 2. The van der Waals surface area contributed by atoms with Crippen LogP contribution in [0.3, 0.4) is 0 Å².